The van der Waals surface area contributed by atoms with E-state index in [9.17, 15) is 9.59 Å². The fourth-order valence-electron chi connectivity index (χ4n) is 4.23. The Morgan fingerprint density at radius 1 is 1.06 bits per heavy atom. The average molecular weight is 414 g/mol. The molecule has 0 bridgehead atoms. The number of primary amides is 1. The molecule has 6 heteroatoms. The Hall–Kier alpha value is -3.67. The molecule has 0 spiro atoms. The molecule has 6 nitrogen and oxygen atoms in total. The molecular formula is C25H22N2O4. The van der Waals surface area contributed by atoms with Crippen LogP contribution in [0.15, 0.2) is 54.7 Å². The summed E-state index contributed by atoms with van der Waals surface area (Å²) in [7, 11) is 0. The first-order chi connectivity index (χ1) is 15.0. The van der Waals surface area contributed by atoms with E-state index in [1.165, 1.54) is 0 Å². The van der Waals surface area contributed by atoms with Crippen molar-refractivity contribution in [2.45, 2.75) is 31.6 Å². The van der Waals surface area contributed by atoms with Gasteiger partial charge in [0.15, 0.2) is 11.5 Å². The van der Waals surface area contributed by atoms with Crippen LogP contribution in [0, 0.1) is 6.92 Å². The lowest BCUT2D eigenvalue weighted by Gasteiger charge is -2.15. The second kappa shape index (κ2) is 7.23. The monoisotopic (exact) mass is 414 g/mol. The molecule has 1 saturated carbocycles. The summed E-state index contributed by atoms with van der Waals surface area (Å²) in [4.78, 5) is 29.2. The van der Waals surface area contributed by atoms with Crippen LogP contribution in [0.5, 0.6) is 11.5 Å². The maximum absolute atomic E-state index is 13.2. The van der Waals surface area contributed by atoms with Crippen LogP contribution in [-0.4, -0.2) is 23.5 Å². The number of aryl methyl sites for hydroxylation is 1. The Labute approximate surface area is 180 Å². The highest BCUT2D eigenvalue weighted by Gasteiger charge is 2.51. The first kappa shape index (κ1) is 19.3. The molecule has 0 saturated heterocycles. The number of benzene rings is 2. The van der Waals surface area contributed by atoms with Crippen molar-refractivity contribution in [2.75, 3.05) is 6.79 Å². The third-order valence-electron chi connectivity index (χ3n) is 6.18. The van der Waals surface area contributed by atoms with Crippen LogP contribution >= 0.6 is 0 Å². The molecule has 2 heterocycles. The van der Waals surface area contributed by atoms with E-state index in [0.29, 0.717) is 11.3 Å². The number of ketones is 1. The summed E-state index contributed by atoms with van der Waals surface area (Å²) in [5.41, 5.74) is 9.90. The molecule has 0 radical (unpaired) electrons. The van der Waals surface area contributed by atoms with E-state index >= 15 is 0 Å². The number of nitrogens with two attached hydrogens (primary N) is 1. The summed E-state index contributed by atoms with van der Waals surface area (Å²) in [5.74, 6) is 1.13. The highest BCUT2D eigenvalue weighted by atomic mass is 16.7. The van der Waals surface area contributed by atoms with Crippen LogP contribution in [0.3, 0.4) is 0 Å². The van der Waals surface area contributed by atoms with Crippen molar-refractivity contribution in [2.24, 2.45) is 5.73 Å². The molecule has 1 aromatic heterocycles. The van der Waals surface area contributed by atoms with Crippen LogP contribution in [0.1, 0.15) is 40.0 Å². The van der Waals surface area contributed by atoms with Crippen molar-refractivity contribution in [3.63, 3.8) is 0 Å². The largest absolute Gasteiger partial charge is 0.454 e. The fourth-order valence-corrected chi connectivity index (χ4v) is 4.23. The van der Waals surface area contributed by atoms with Gasteiger partial charge in [-0.2, -0.15) is 0 Å². The van der Waals surface area contributed by atoms with Gasteiger partial charge in [-0.25, -0.2) is 0 Å². The highest BCUT2D eigenvalue weighted by molar-refractivity contribution is 5.95. The summed E-state index contributed by atoms with van der Waals surface area (Å²) in [6, 6.07) is 14.9. The first-order valence-corrected chi connectivity index (χ1v) is 10.3. The number of nitrogens with zero attached hydrogens (tertiary/aromatic N) is 1. The van der Waals surface area contributed by atoms with E-state index in [1.807, 2.05) is 37.3 Å². The predicted molar refractivity (Wildman–Crippen MR) is 115 cm³/mol. The van der Waals surface area contributed by atoms with Crippen LogP contribution in [0.2, 0.25) is 0 Å². The van der Waals surface area contributed by atoms with E-state index in [4.69, 9.17) is 15.2 Å². The van der Waals surface area contributed by atoms with E-state index in [1.54, 1.807) is 24.4 Å². The van der Waals surface area contributed by atoms with Crippen molar-refractivity contribution in [3.8, 4) is 22.6 Å². The zero-order valence-electron chi connectivity index (χ0n) is 17.2. The standard InChI is InChI=1S/C25H22N2O4/c1-15-9-19(27-13-20(15)16-3-2-4-17(10-16)24(26)29)12-23(28)25(7-8-25)18-5-6-21-22(11-18)31-14-30-21/h2-6,9-11,13H,7-8,12,14H2,1H3,(H2,26,29). The number of ether oxygens (including phenoxy) is 2. The van der Waals surface area contributed by atoms with E-state index in [-0.39, 0.29) is 19.0 Å². The van der Waals surface area contributed by atoms with Gasteiger partial charge in [-0.3, -0.25) is 14.6 Å². The molecular weight excluding hydrogens is 392 g/mol. The number of carbonyl (C=O) groups is 2. The normalized spacial score (nSPS) is 15.5. The maximum atomic E-state index is 13.2. The number of aromatic nitrogens is 1. The second-order valence-corrected chi connectivity index (χ2v) is 8.19. The van der Waals surface area contributed by atoms with Gasteiger partial charge in [0.2, 0.25) is 12.7 Å². The summed E-state index contributed by atoms with van der Waals surface area (Å²) < 4.78 is 10.9. The minimum Gasteiger partial charge on any atom is -0.454 e. The Balaban J connectivity index is 1.37. The second-order valence-electron chi connectivity index (χ2n) is 8.19. The quantitative estimate of drug-likeness (QED) is 0.664. The molecule has 1 aliphatic heterocycles. The van der Waals surface area contributed by atoms with E-state index in [2.05, 4.69) is 4.98 Å². The van der Waals surface area contributed by atoms with Gasteiger partial charge in [-0.1, -0.05) is 18.2 Å². The molecule has 5 rings (SSSR count). The summed E-state index contributed by atoms with van der Waals surface area (Å²) in [6.45, 7) is 2.20. The van der Waals surface area contributed by atoms with Gasteiger partial charge in [-0.15, -0.1) is 0 Å². The van der Waals surface area contributed by atoms with Crippen molar-refractivity contribution >= 4 is 11.7 Å². The molecule has 2 N–H and O–H groups in total. The molecule has 0 unspecified atom stereocenters. The number of hydrogen-bond acceptors (Lipinski definition) is 5. The van der Waals surface area contributed by atoms with Gasteiger partial charge in [0.05, 0.1) is 5.41 Å². The lowest BCUT2D eigenvalue weighted by atomic mass is 9.88. The zero-order valence-corrected chi connectivity index (χ0v) is 17.2. The molecule has 3 aromatic rings. The van der Waals surface area contributed by atoms with Crippen LogP contribution < -0.4 is 15.2 Å². The van der Waals surface area contributed by atoms with Crippen molar-refractivity contribution < 1.29 is 19.1 Å². The molecule has 156 valence electrons. The van der Waals surface area contributed by atoms with Crippen LogP contribution in [0.4, 0.5) is 0 Å². The van der Waals surface area contributed by atoms with Crippen LogP contribution in [0.25, 0.3) is 11.1 Å². The first-order valence-electron chi connectivity index (χ1n) is 10.3. The number of hydrogen-bond donors (Lipinski definition) is 1. The van der Waals surface area contributed by atoms with E-state index in [0.717, 1.165) is 46.5 Å². The number of amides is 1. The number of Topliss-reactive ketones (excluding diaryl/α,β-unsaturated/α-hetero) is 1. The smallest absolute Gasteiger partial charge is 0.248 e. The highest BCUT2D eigenvalue weighted by Crippen LogP contribution is 2.51. The lowest BCUT2D eigenvalue weighted by Crippen LogP contribution is -2.23. The van der Waals surface area contributed by atoms with Gasteiger partial charge >= 0.3 is 0 Å². The van der Waals surface area contributed by atoms with Crippen molar-refractivity contribution in [1.82, 2.24) is 4.98 Å². The Bertz CT molecular complexity index is 1210. The SMILES string of the molecule is Cc1cc(CC(=O)C2(c3ccc4c(c3)OCO4)CC2)ncc1-c1cccc(C(N)=O)c1. The minimum atomic E-state index is -0.465. The van der Waals surface area contributed by atoms with Gasteiger partial charge in [0.1, 0.15) is 5.78 Å². The molecule has 1 aliphatic carbocycles. The van der Waals surface area contributed by atoms with Gasteiger partial charge in [0.25, 0.3) is 0 Å². The summed E-state index contributed by atoms with van der Waals surface area (Å²) >= 11 is 0. The average Bonchev–Trinajstić information content (AvgIpc) is 3.45. The predicted octanol–water partition coefficient (Wildman–Crippen LogP) is 3.73. The zero-order chi connectivity index (χ0) is 21.6. The van der Waals surface area contributed by atoms with Gasteiger partial charge in [-0.05, 0) is 66.8 Å². The molecule has 2 aliphatic rings. The fraction of sp³-hybridized carbons (Fsp3) is 0.240. The molecule has 1 amide bonds. The number of carbonyl (C=O) groups excluding carboxylic acids is 2. The Morgan fingerprint density at radius 3 is 2.61 bits per heavy atom. The summed E-state index contributed by atoms with van der Waals surface area (Å²) in [5, 5.41) is 0. The topological polar surface area (TPSA) is 91.5 Å². The number of fused-ring (bicyclic) bond motifs is 1. The van der Waals surface area contributed by atoms with Crippen molar-refractivity contribution in [1.29, 1.82) is 0 Å². The molecule has 31 heavy (non-hydrogen) atoms. The Kier molecular flexibility index (Phi) is 4.50. The Morgan fingerprint density at radius 2 is 1.87 bits per heavy atom. The summed E-state index contributed by atoms with van der Waals surface area (Å²) in [6.07, 6.45) is 3.71. The lowest BCUT2D eigenvalue weighted by molar-refractivity contribution is -0.120. The maximum Gasteiger partial charge on any atom is 0.248 e. The molecule has 0 atom stereocenters. The van der Waals surface area contributed by atoms with Crippen molar-refractivity contribution in [3.05, 3.63) is 77.1 Å². The third kappa shape index (κ3) is 3.44. The molecule has 1 fully saturated rings. The van der Waals surface area contributed by atoms with E-state index < -0.39 is 11.3 Å². The minimum absolute atomic E-state index is 0.168. The third-order valence-corrected chi connectivity index (χ3v) is 6.18. The van der Waals surface area contributed by atoms with Gasteiger partial charge in [0, 0.05) is 29.4 Å². The molecule has 2 aromatic carbocycles. The number of rotatable bonds is 6. The van der Waals surface area contributed by atoms with Gasteiger partial charge < -0.3 is 15.2 Å². The number of pyridine rings is 1. The van der Waals surface area contributed by atoms with Crippen LogP contribution in [-0.2, 0) is 16.6 Å².